The Bertz CT molecular complexity index is 634. The maximum atomic E-state index is 11.7. The van der Waals surface area contributed by atoms with Gasteiger partial charge in [-0.3, -0.25) is 0 Å². The summed E-state index contributed by atoms with van der Waals surface area (Å²) in [6, 6.07) is 0. The van der Waals surface area contributed by atoms with Crippen molar-refractivity contribution in [2.24, 2.45) is 5.73 Å². The number of nitrogens with two attached hydrogens (primary N) is 3. The number of hydrogen-bond donors (Lipinski definition) is 3. The van der Waals surface area contributed by atoms with Crippen LogP contribution in [-0.4, -0.2) is 42.5 Å². The van der Waals surface area contributed by atoms with Crippen molar-refractivity contribution in [2.75, 3.05) is 18.1 Å². The molecule has 0 atom stereocenters. The molecule has 11 heteroatoms. The fourth-order valence-electron chi connectivity index (χ4n) is 1.68. The Morgan fingerprint density at radius 2 is 1.90 bits per heavy atom. The van der Waals surface area contributed by atoms with Crippen LogP contribution < -0.4 is 17.2 Å². The summed E-state index contributed by atoms with van der Waals surface area (Å²) in [5, 5.41) is 7.62. The molecule has 112 valence electrons. The summed E-state index contributed by atoms with van der Waals surface area (Å²) in [7, 11) is 0. The smallest absolute Gasteiger partial charge is 0.360 e. The summed E-state index contributed by atoms with van der Waals surface area (Å²) in [4.78, 5) is 23.2. The predicted octanol–water partition coefficient (Wildman–Crippen LogP) is -1.69. The summed E-state index contributed by atoms with van der Waals surface area (Å²) in [6.45, 7) is 2.09. The Labute approximate surface area is 119 Å². The molecule has 0 fully saturated rings. The van der Waals surface area contributed by atoms with E-state index < -0.39 is 5.97 Å². The van der Waals surface area contributed by atoms with Gasteiger partial charge in [0.25, 0.3) is 0 Å². The first-order chi connectivity index (χ1) is 10.0. The van der Waals surface area contributed by atoms with Crippen molar-refractivity contribution in [1.29, 1.82) is 0 Å². The van der Waals surface area contributed by atoms with E-state index in [9.17, 15) is 4.79 Å². The molecule has 2 rings (SSSR count). The van der Waals surface area contributed by atoms with Gasteiger partial charge < -0.3 is 21.9 Å². The SMILES string of the molecule is CCOC(=O)c1nnn(Cc2nc(N)nc(N)n2)c1CN. The Kier molecular flexibility index (Phi) is 4.23. The molecule has 0 radical (unpaired) electrons. The lowest BCUT2D eigenvalue weighted by Crippen LogP contribution is -2.16. The molecular formula is C10H15N9O2. The van der Waals surface area contributed by atoms with Gasteiger partial charge in [0, 0.05) is 6.54 Å². The predicted molar refractivity (Wildman–Crippen MR) is 71.6 cm³/mol. The molecule has 0 unspecified atom stereocenters. The van der Waals surface area contributed by atoms with Crippen molar-refractivity contribution in [1.82, 2.24) is 29.9 Å². The van der Waals surface area contributed by atoms with Crippen molar-refractivity contribution in [3.8, 4) is 0 Å². The number of esters is 1. The average molecular weight is 293 g/mol. The molecule has 2 aromatic rings. The molecule has 0 aliphatic carbocycles. The molecule has 6 N–H and O–H groups in total. The number of carbonyl (C=O) groups excluding carboxylic acids is 1. The summed E-state index contributed by atoms with van der Waals surface area (Å²) < 4.78 is 6.27. The van der Waals surface area contributed by atoms with E-state index in [1.807, 2.05) is 0 Å². The largest absolute Gasteiger partial charge is 0.461 e. The molecule has 0 bridgehead atoms. The Morgan fingerprint density at radius 1 is 1.24 bits per heavy atom. The summed E-state index contributed by atoms with van der Waals surface area (Å²) in [5.41, 5.74) is 17.1. The van der Waals surface area contributed by atoms with Crippen LogP contribution in [0.15, 0.2) is 0 Å². The van der Waals surface area contributed by atoms with Gasteiger partial charge in [0.2, 0.25) is 11.9 Å². The molecule has 0 aliphatic heterocycles. The van der Waals surface area contributed by atoms with E-state index in [2.05, 4.69) is 25.3 Å². The van der Waals surface area contributed by atoms with Gasteiger partial charge in [0.05, 0.1) is 12.3 Å². The highest BCUT2D eigenvalue weighted by Crippen LogP contribution is 2.09. The van der Waals surface area contributed by atoms with Crippen molar-refractivity contribution < 1.29 is 9.53 Å². The maximum absolute atomic E-state index is 11.7. The first-order valence-electron chi connectivity index (χ1n) is 6.10. The zero-order valence-corrected chi connectivity index (χ0v) is 11.4. The molecule has 2 heterocycles. The third-order valence-electron chi connectivity index (χ3n) is 2.51. The fraction of sp³-hybridized carbons (Fsp3) is 0.400. The zero-order chi connectivity index (χ0) is 15.4. The van der Waals surface area contributed by atoms with Crippen LogP contribution in [0.5, 0.6) is 0 Å². The lowest BCUT2D eigenvalue weighted by molar-refractivity contribution is 0.0518. The maximum Gasteiger partial charge on any atom is 0.360 e. The summed E-state index contributed by atoms with van der Waals surface area (Å²) in [5.74, 6) is -0.302. The minimum absolute atomic E-state index is 0.00229. The monoisotopic (exact) mass is 293 g/mol. The van der Waals surface area contributed by atoms with Gasteiger partial charge in [-0.25, -0.2) is 9.48 Å². The molecule has 0 aromatic carbocycles. The minimum Gasteiger partial charge on any atom is -0.461 e. The van der Waals surface area contributed by atoms with E-state index in [1.165, 1.54) is 4.68 Å². The van der Waals surface area contributed by atoms with E-state index >= 15 is 0 Å². The molecule has 11 nitrogen and oxygen atoms in total. The first-order valence-corrected chi connectivity index (χ1v) is 6.10. The summed E-state index contributed by atoms with van der Waals surface area (Å²) in [6.07, 6.45) is 0. The Balaban J connectivity index is 2.30. The van der Waals surface area contributed by atoms with Gasteiger partial charge in [-0.05, 0) is 6.92 Å². The van der Waals surface area contributed by atoms with E-state index in [0.717, 1.165) is 0 Å². The number of nitrogen functional groups attached to an aromatic ring is 2. The zero-order valence-electron chi connectivity index (χ0n) is 11.4. The van der Waals surface area contributed by atoms with E-state index in [0.29, 0.717) is 5.69 Å². The number of nitrogens with zero attached hydrogens (tertiary/aromatic N) is 6. The highest BCUT2D eigenvalue weighted by atomic mass is 16.5. The topological polar surface area (TPSA) is 174 Å². The Morgan fingerprint density at radius 3 is 2.48 bits per heavy atom. The molecule has 0 amide bonds. The minimum atomic E-state index is -0.584. The van der Waals surface area contributed by atoms with Gasteiger partial charge >= 0.3 is 5.97 Å². The second-order valence-corrected chi connectivity index (χ2v) is 3.94. The van der Waals surface area contributed by atoms with Gasteiger partial charge in [0.15, 0.2) is 11.5 Å². The van der Waals surface area contributed by atoms with Gasteiger partial charge in [-0.1, -0.05) is 5.21 Å². The van der Waals surface area contributed by atoms with E-state index in [-0.39, 0.29) is 43.1 Å². The second kappa shape index (κ2) is 6.09. The van der Waals surface area contributed by atoms with Crippen LogP contribution in [0.1, 0.15) is 28.9 Å². The number of hydrogen-bond acceptors (Lipinski definition) is 10. The van der Waals surface area contributed by atoms with Crippen molar-refractivity contribution in [2.45, 2.75) is 20.0 Å². The summed E-state index contributed by atoms with van der Waals surface area (Å²) >= 11 is 0. The normalized spacial score (nSPS) is 10.6. The van der Waals surface area contributed by atoms with Gasteiger partial charge in [-0.2, -0.15) is 15.0 Å². The molecule has 0 aliphatic rings. The van der Waals surface area contributed by atoms with Crippen molar-refractivity contribution in [3.05, 3.63) is 17.2 Å². The van der Waals surface area contributed by atoms with Gasteiger partial charge in [-0.15, -0.1) is 5.10 Å². The highest BCUT2D eigenvalue weighted by molar-refractivity contribution is 5.88. The molecule has 21 heavy (non-hydrogen) atoms. The van der Waals surface area contributed by atoms with Crippen LogP contribution in [-0.2, 0) is 17.8 Å². The van der Waals surface area contributed by atoms with Crippen LogP contribution >= 0.6 is 0 Å². The number of aromatic nitrogens is 6. The average Bonchev–Trinajstić information content (AvgIpc) is 2.80. The van der Waals surface area contributed by atoms with E-state index in [1.54, 1.807) is 6.92 Å². The lowest BCUT2D eigenvalue weighted by Gasteiger charge is -2.06. The lowest BCUT2D eigenvalue weighted by atomic mass is 10.3. The van der Waals surface area contributed by atoms with E-state index in [4.69, 9.17) is 21.9 Å². The molecule has 0 spiro atoms. The third-order valence-corrected chi connectivity index (χ3v) is 2.51. The number of carbonyl (C=O) groups is 1. The van der Waals surface area contributed by atoms with Crippen LogP contribution in [0.2, 0.25) is 0 Å². The van der Waals surface area contributed by atoms with Crippen LogP contribution in [0, 0.1) is 0 Å². The molecule has 0 saturated heterocycles. The molecular weight excluding hydrogens is 278 g/mol. The van der Waals surface area contributed by atoms with Crippen LogP contribution in [0.4, 0.5) is 11.9 Å². The van der Waals surface area contributed by atoms with Crippen LogP contribution in [0.3, 0.4) is 0 Å². The number of anilines is 2. The molecule has 0 saturated carbocycles. The third kappa shape index (κ3) is 3.20. The fourth-order valence-corrected chi connectivity index (χ4v) is 1.68. The molecule has 2 aromatic heterocycles. The first kappa shape index (κ1) is 14.6. The highest BCUT2D eigenvalue weighted by Gasteiger charge is 2.20. The Hall–Kier alpha value is -2.82. The number of ether oxygens (including phenoxy) is 1. The second-order valence-electron chi connectivity index (χ2n) is 3.94. The quantitative estimate of drug-likeness (QED) is 0.539. The number of rotatable bonds is 5. The van der Waals surface area contributed by atoms with Crippen molar-refractivity contribution >= 4 is 17.9 Å². The van der Waals surface area contributed by atoms with Gasteiger partial charge in [0.1, 0.15) is 6.54 Å². The van der Waals surface area contributed by atoms with Crippen LogP contribution in [0.25, 0.3) is 0 Å². The van der Waals surface area contributed by atoms with Crippen molar-refractivity contribution in [3.63, 3.8) is 0 Å². The standard InChI is InChI=1S/C10H15N9O2/c1-2-21-8(20)7-5(3-11)19(18-17-7)4-6-14-9(12)16-10(13)15-6/h2-4,11H2,1H3,(H4,12,13,14,15,16).